The lowest BCUT2D eigenvalue weighted by molar-refractivity contribution is -0.137. The Labute approximate surface area is 227 Å². The lowest BCUT2D eigenvalue weighted by Gasteiger charge is -2.27. The minimum Gasteiger partial charge on any atom is -0.487 e. The number of H-pyrrole nitrogens is 1. The van der Waals surface area contributed by atoms with Crippen LogP contribution in [0.15, 0.2) is 47.3 Å². The number of carboxylic acid groups (broad SMARTS) is 1. The van der Waals surface area contributed by atoms with Crippen LogP contribution in [0.4, 0.5) is 0 Å². The zero-order valence-corrected chi connectivity index (χ0v) is 23.1. The number of hydrogen-bond acceptors (Lipinski definition) is 6. The minimum absolute atomic E-state index is 0.0261. The zero-order valence-electron chi connectivity index (χ0n) is 23.1. The van der Waals surface area contributed by atoms with Gasteiger partial charge in [0.1, 0.15) is 17.4 Å². The summed E-state index contributed by atoms with van der Waals surface area (Å²) in [6.45, 7) is 10.2. The Morgan fingerprint density at radius 3 is 2.72 bits per heavy atom. The first kappa shape index (κ1) is 26.6. The van der Waals surface area contributed by atoms with E-state index in [1.165, 1.54) is 6.07 Å². The first-order valence-electron chi connectivity index (χ1n) is 13.3. The van der Waals surface area contributed by atoms with E-state index in [9.17, 15) is 14.7 Å². The number of aryl methyl sites for hydroxylation is 3. The molecule has 0 fully saturated rings. The number of ether oxygens (including phenoxy) is 1. The molecule has 0 saturated heterocycles. The summed E-state index contributed by atoms with van der Waals surface area (Å²) in [6.07, 6.45) is -0.0572. The van der Waals surface area contributed by atoms with Crippen LogP contribution in [0.3, 0.4) is 0 Å². The number of benzene rings is 2. The molecule has 2 aromatic heterocycles. The Hall–Kier alpha value is -3.98. The van der Waals surface area contributed by atoms with Crippen LogP contribution in [0.5, 0.6) is 5.75 Å². The van der Waals surface area contributed by atoms with Gasteiger partial charge in [0, 0.05) is 38.7 Å². The summed E-state index contributed by atoms with van der Waals surface area (Å²) in [5.41, 5.74) is 7.40. The molecule has 0 amide bonds. The van der Waals surface area contributed by atoms with Gasteiger partial charge in [-0.2, -0.15) is 0 Å². The highest BCUT2D eigenvalue weighted by atomic mass is 16.5. The number of aromatic amines is 1. The second kappa shape index (κ2) is 10.6. The molecule has 4 aromatic rings. The van der Waals surface area contributed by atoms with Crippen LogP contribution in [-0.4, -0.2) is 48.6 Å². The van der Waals surface area contributed by atoms with Crippen LogP contribution >= 0.6 is 0 Å². The number of pyridine rings is 1. The summed E-state index contributed by atoms with van der Waals surface area (Å²) in [7, 11) is 1.85. The van der Waals surface area contributed by atoms with Crippen LogP contribution in [0.1, 0.15) is 59.7 Å². The molecule has 0 unspecified atom stereocenters. The fourth-order valence-electron chi connectivity index (χ4n) is 5.47. The number of aliphatic carboxylic acids is 1. The molecule has 204 valence electrons. The van der Waals surface area contributed by atoms with Crippen molar-refractivity contribution in [3.8, 4) is 5.75 Å². The number of nitrogens with one attached hydrogen (secondary N) is 1. The monoisotopic (exact) mass is 529 g/mol. The van der Waals surface area contributed by atoms with E-state index in [4.69, 9.17) is 4.74 Å². The third kappa shape index (κ3) is 5.45. The lowest BCUT2D eigenvalue weighted by atomic mass is 9.84. The smallest absolute Gasteiger partial charge is 0.304 e. The van der Waals surface area contributed by atoms with Crippen molar-refractivity contribution < 1.29 is 14.6 Å². The Morgan fingerprint density at radius 2 is 1.97 bits per heavy atom. The third-order valence-electron chi connectivity index (χ3n) is 7.80. The maximum Gasteiger partial charge on any atom is 0.304 e. The Kier molecular flexibility index (Phi) is 7.27. The Balaban J connectivity index is 1.51. The summed E-state index contributed by atoms with van der Waals surface area (Å²) >= 11 is 0. The summed E-state index contributed by atoms with van der Waals surface area (Å²) in [6, 6.07) is 13.5. The van der Waals surface area contributed by atoms with Gasteiger partial charge in [0.2, 0.25) is 5.56 Å². The average Bonchev–Trinajstić information content (AvgIpc) is 3.16. The number of carboxylic acids is 1. The maximum atomic E-state index is 12.1. The van der Waals surface area contributed by atoms with Gasteiger partial charge in [-0.05, 0) is 59.7 Å². The van der Waals surface area contributed by atoms with Crippen molar-refractivity contribution in [2.75, 3.05) is 6.54 Å². The normalized spacial score (nSPS) is 16.6. The molecule has 9 heteroatoms. The largest absolute Gasteiger partial charge is 0.487 e. The van der Waals surface area contributed by atoms with Gasteiger partial charge in [0.15, 0.2) is 0 Å². The number of carbonyl (C=O) groups is 1. The van der Waals surface area contributed by atoms with Crippen molar-refractivity contribution in [1.29, 1.82) is 0 Å². The molecule has 0 saturated carbocycles. The zero-order chi connectivity index (χ0) is 27.8. The van der Waals surface area contributed by atoms with Gasteiger partial charge in [0.25, 0.3) is 0 Å². The van der Waals surface area contributed by atoms with Crippen molar-refractivity contribution in [2.45, 2.75) is 59.2 Å². The second-order valence-electron chi connectivity index (χ2n) is 10.9. The molecule has 3 heterocycles. The highest BCUT2D eigenvalue weighted by molar-refractivity contribution is 5.80. The molecule has 2 aromatic carbocycles. The molecule has 1 aliphatic rings. The fraction of sp³-hybridized carbons (Fsp3) is 0.400. The van der Waals surface area contributed by atoms with Gasteiger partial charge in [-0.1, -0.05) is 43.3 Å². The highest BCUT2D eigenvalue weighted by Gasteiger charge is 2.27. The van der Waals surface area contributed by atoms with Gasteiger partial charge in [0.05, 0.1) is 17.6 Å². The Morgan fingerprint density at radius 1 is 1.18 bits per heavy atom. The second-order valence-corrected chi connectivity index (χ2v) is 10.9. The topological polar surface area (TPSA) is 113 Å². The SMILES string of the molecule is Cc1ccc([C@@H](CC(=O)O)c2ccc3c(nnn3C)c2C)cc1CN1Cc2[nH]c(=O)ccc2O[C@@H](C(C)C)C1. The summed E-state index contributed by atoms with van der Waals surface area (Å²) < 4.78 is 8.02. The molecule has 1 aliphatic heterocycles. The van der Waals surface area contributed by atoms with E-state index in [1.54, 1.807) is 10.7 Å². The molecule has 39 heavy (non-hydrogen) atoms. The van der Waals surface area contributed by atoms with Gasteiger partial charge >= 0.3 is 5.97 Å². The number of fused-ring (bicyclic) bond motifs is 2. The summed E-state index contributed by atoms with van der Waals surface area (Å²) in [5.74, 6) is -0.179. The molecular weight excluding hydrogens is 494 g/mol. The molecule has 2 atom stereocenters. The number of nitrogens with zero attached hydrogens (tertiary/aromatic N) is 4. The lowest BCUT2D eigenvalue weighted by Crippen LogP contribution is -2.36. The van der Waals surface area contributed by atoms with Crippen molar-refractivity contribution in [2.24, 2.45) is 13.0 Å². The van der Waals surface area contributed by atoms with Crippen molar-refractivity contribution in [3.05, 3.63) is 86.3 Å². The molecule has 9 nitrogen and oxygen atoms in total. The molecule has 0 spiro atoms. The summed E-state index contributed by atoms with van der Waals surface area (Å²) in [4.78, 5) is 29.3. The van der Waals surface area contributed by atoms with Crippen LogP contribution in [0.25, 0.3) is 11.0 Å². The third-order valence-corrected chi connectivity index (χ3v) is 7.80. The van der Waals surface area contributed by atoms with E-state index in [0.29, 0.717) is 19.6 Å². The molecular formula is C30H35N5O4. The van der Waals surface area contributed by atoms with Gasteiger partial charge < -0.3 is 14.8 Å². The van der Waals surface area contributed by atoms with E-state index < -0.39 is 5.97 Å². The molecule has 0 bridgehead atoms. The predicted molar refractivity (Wildman–Crippen MR) is 149 cm³/mol. The maximum absolute atomic E-state index is 12.1. The van der Waals surface area contributed by atoms with Gasteiger partial charge in [-0.25, -0.2) is 4.68 Å². The van der Waals surface area contributed by atoms with Gasteiger partial charge in [-0.3, -0.25) is 14.5 Å². The van der Waals surface area contributed by atoms with Crippen LogP contribution in [0, 0.1) is 19.8 Å². The van der Waals surface area contributed by atoms with E-state index in [0.717, 1.165) is 50.3 Å². The van der Waals surface area contributed by atoms with Crippen molar-refractivity contribution in [3.63, 3.8) is 0 Å². The quantitative estimate of drug-likeness (QED) is 0.367. The van der Waals surface area contributed by atoms with E-state index in [1.807, 2.05) is 32.2 Å². The number of hydrogen-bond donors (Lipinski definition) is 2. The first-order valence-corrected chi connectivity index (χ1v) is 13.3. The molecule has 2 N–H and O–H groups in total. The molecule has 5 rings (SSSR count). The Bertz CT molecular complexity index is 1590. The van der Waals surface area contributed by atoms with Crippen molar-refractivity contribution in [1.82, 2.24) is 24.9 Å². The number of aromatic nitrogens is 4. The molecule has 0 radical (unpaired) electrons. The van der Waals surface area contributed by atoms with E-state index >= 15 is 0 Å². The van der Waals surface area contributed by atoms with Crippen LogP contribution < -0.4 is 10.3 Å². The van der Waals surface area contributed by atoms with Crippen LogP contribution in [0.2, 0.25) is 0 Å². The summed E-state index contributed by atoms with van der Waals surface area (Å²) in [5, 5.41) is 18.3. The fourth-order valence-corrected chi connectivity index (χ4v) is 5.47. The first-order chi connectivity index (χ1) is 18.6. The van der Waals surface area contributed by atoms with Crippen LogP contribution in [-0.2, 0) is 24.9 Å². The van der Waals surface area contributed by atoms with E-state index in [-0.39, 0.29) is 29.9 Å². The van der Waals surface area contributed by atoms with Crippen molar-refractivity contribution >= 4 is 17.0 Å². The predicted octanol–water partition coefficient (Wildman–Crippen LogP) is 4.30. The highest BCUT2D eigenvalue weighted by Crippen LogP contribution is 2.35. The minimum atomic E-state index is -0.856. The van der Waals surface area contributed by atoms with Gasteiger partial charge in [-0.15, -0.1) is 5.10 Å². The number of rotatable bonds is 7. The standard InChI is InChI=1S/C30H35N5O4/c1-17(2)27-16-35(15-24-26(39-27)10-11-28(36)31-24)14-21-12-20(7-6-18(21)3)23(13-29(37)38)22-8-9-25-30(19(22)4)32-33-34(25)5/h6-12,17,23,27H,13-16H2,1-5H3,(H,31,36)(H,37,38)/t23-,27-/m1/s1. The molecule has 0 aliphatic carbocycles. The average molecular weight is 530 g/mol. The van der Waals surface area contributed by atoms with E-state index in [2.05, 4.69) is 53.1 Å².